The van der Waals surface area contributed by atoms with Crippen molar-refractivity contribution in [1.29, 1.82) is 0 Å². The summed E-state index contributed by atoms with van der Waals surface area (Å²) < 4.78 is 5.39. The third-order valence-corrected chi connectivity index (χ3v) is 5.50. The van der Waals surface area contributed by atoms with Crippen LogP contribution in [0.1, 0.15) is 27.2 Å². The van der Waals surface area contributed by atoms with Gasteiger partial charge in [-0.15, -0.1) is 0 Å². The Kier molecular flexibility index (Phi) is 7.16. The molecule has 0 radical (unpaired) electrons. The minimum Gasteiger partial charge on any atom is -0.480 e. The van der Waals surface area contributed by atoms with Gasteiger partial charge in [0.15, 0.2) is 5.82 Å². The number of hydrogen-bond acceptors (Lipinski definition) is 8. The average molecular weight is 492 g/mol. The highest BCUT2D eigenvalue weighted by Crippen LogP contribution is 2.29. The van der Waals surface area contributed by atoms with E-state index >= 15 is 0 Å². The number of aliphatic hydroxyl groups excluding tert-OH is 1. The van der Waals surface area contributed by atoms with Gasteiger partial charge in [0.05, 0.1) is 11.8 Å². The molecule has 0 spiro atoms. The fourth-order valence-electron chi connectivity index (χ4n) is 3.84. The number of carbonyl (C=O) groups is 2. The first-order valence-corrected chi connectivity index (χ1v) is 11.6. The molecule has 1 saturated heterocycles. The van der Waals surface area contributed by atoms with Gasteiger partial charge < -0.3 is 19.8 Å². The number of aromatic nitrogens is 3. The number of benzene rings is 1. The number of nitrogens with zero attached hydrogens (tertiary/aromatic N) is 5. The number of rotatable bonds is 6. The van der Waals surface area contributed by atoms with Crippen molar-refractivity contribution in [2.45, 2.75) is 38.9 Å². The lowest BCUT2D eigenvalue weighted by atomic mass is 10.1. The molecule has 1 unspecified atom stereocenters. The standard InChI is InChI=1S/C26H29N5O5/c1-26(2,3)36-25(35)31(16-23(33)34)19-8-6-17(7-9-19)21-13-22(30-12-10-20(32)15-30)29-24(28-21)18-5-4-11-27-14-18/h4-9,11,13-14,20,32H,10,12,15-16H2,1-3H3,(H,33,34). The van der Waals surface area contributed by atoms with Gasteiger partial charge in [0, 0.05) is 48.4 Å². The third-order valence-electron chi connectivity index (χ3n) is 5.50. The second-order valence-corrected chi connectivity index (χ2v) is 9.57. The van der Waals surface area contributed by atoms with Crippen LogP contribution in [0.15, 0.2) is 54.9 Å². The lowest BCUT2D eigenvalue weighted by Gasteiger charge is -2.26. The first-order valence-electron chi connectivity index (χ1n) is 11.6. The summed E-state index contributed by atoms with van der Waals surface area (Å²) in [5.74, 6) is 0.0438. The minimum absolute atomic E-state index is 0.389. The molecule has 3 aromatic rings. The smallest absolute Gasteiger partial charge is 0.415 e. The molecule has 1 aliphatic rings. The number of ether oxygens (including phenoxy) is 1. The predicted molar refractivity (Wildman–Crippen MR) is 135 cm³/mol. The van der Waals surface area contributed by atoms with Crippen LogP contribution in [-0.4, -0.2) is 68.6 Å². The van der Waals surface area contributed by atoms with Crippen molar-refractivity contribution >= 4 is 23.6 Å². The van der Waals surface area contributed by atoms with E-state index in [0.29, 0.717) is 42.5 Å². The van der Waals surface area contributed by atoms with Gasteiger partial charge in [0.2, 0.25) is 0 Å². The lowest BCUT2D eigenvalue weighted by Crippen LogP contribution is -2.40. The first kappa shape index (κ1) is 25.1. The van der Waals surface area contributed by atoms with Crippen LogP contribution in [0.5, 0.6) is 0 Å². The van der Waals surface area contributed by atoms with Gasteiger partial charge in [-0.25, -0.2) is 14.8 Å². The summed E-state index contributed by atoms with van der Waals surface area (Å²) >= 11 is 0. The van der Waals surface area contributed by atoms with Gasteiger partial charge in [-0.2, -0.15) is 0 Å². The van der Waals surface area contributed by atoms with E-state index in [9.17, 15) is 19.8 Å². The van der Waals surface area contributed by atoms with Gasteiger partial charge in [0.1, 0.15) is 18.0 Å². The Hall–Kier alpha value is -4.05. The lowest BCUT2D eigenvalue weighted by molar-refractivity contribution is -0.135. The zero-order valence-electron chi connectivity index (χ0n) is 20.5. The van der Waals surface area contributed by atoms with E-state index in [-0.39, 0.29) is 0 Å². The Morgan fingerprint density at radius 1 is 1.14 bits per heavy atom. The number of aliphatic carboxylic acids is 1. The van der Waals surface area contributed by atoms with Crippen molar-refractivity contribution in [3.63, 3.8) is 0 Å². The summed E-state index contributed by atoms with van der Waals surface area (Å²) in [4.78, 5) is 40.8. The molecular formula is C26H29N5O5. The maximum atomic E-state index is 12.7. The van der Waals surface area contributed by atoms with E-state index in [4.69, 9.17) is 14.7 Å². The number of β-amino-alcohol motifs (C(OH)–C–C–N with tert-alkyl or cyclic N) is 1. The molecule has 1 amide bonds. The Labute approximate surface area is 209 Å². The van der Waals surface area contributed by atoms with Crippen LogP contribution >= 0.6 is 0 Å². The molecule has 1 fully saturated rings. The number of carbonyl (C=O) groups excluding carboxylic acids is 1. The first-order chi connectivity index (χ1) is 17.1. The molecule has 0 bridgehead atoms. The monoisotopic (exact) mass is 491 g/mol. The number of pyridine rings is 1. The second-order valence-electron chi connectivity index (χ2n) is 9.57. The maximum Gasteiger partial charge on any atom is 0.415 e. The molecule has 1 aliphatic heterocycles. The Bertz CT molecular complexity index is 1230. The van der Waals surface area contributed by atoms with E-state index in [1.165, 1.54) is 0 Å². The summed E-state index contributed by atoms with van der Waals surface area (Å²) in [6.45, 7) is 5.80. The van der Waals surface area contributed by atoms with Crippen LogP contribution in [0.3, 0.4) is 0 Å². The van der Waals surface area contributed by atoms with Crippen LogP contribution in [0, 0.1) is 0 Å². The summed E-state index contributed by atoms with van der Waals surface area (Å²) in [7, 11) is 0. The third kappa shape index (κ3) is 6.14. The molecule has 4 rings (SSSR count). The average Bonchev–Trinajstić information content (AvgIpc) is 3.28. The zero-order chi connectivity index (χ0) is 25.9. The number of carboxylic acid groups (broad SMARTS) is 1. The van der Waals surface area contributed by atoms with Crippen LogP contribution in [0.25, 0.3) is 22.6 Å². The number of amides is 1. The van der Waals surface area contributed by atoms with E-state index < -0.39 is 30.3 Å². The topological polar surface area (TPSA) is 129 Å². The highest BCUT2D eigenvalue weighted by Gasteiger charge is 2.26. The van der Waals surface area contributed by atoms with E-state index in [2.05, 4.69) is 4.98 Å². The molecule has 2 N–H and O–H groups in total. The molecule has 10 heteroatoms. The van der Waals surface area contributed by atoms with E-state index in [1.807, 2.05) is 23.1 Å². The largest absolute Gasteiger partial charge is 0.480 e. The fourth-order valence-corrected chi connectivity index (χ4v) is 3.84. The summed E-state index contributed by atoms with van der Waals surface area (Å²) in [6, 6.07) is 12.4. The predicted octanol–water partition coefficient (Wildman–Crippen LogP) is 3.60. The van der Waals surface area contributed by atoms with Gasteiger partial charge in [-0.3, -0.25) is 14.7 Å². The summed E-state index contributed by atoms with van der Waals surface area (Å²) in [5, 5.41) is 19.3. The molecule has 10 nitrogen and oxygen atoms in total. The zero-order valence-corrected chi connectivity index (χ0v) is 20.5. The molecule has 2 aromatic heterocycles. The fraction of sp³-hybridized carbons (Fsp3) is 0.346. The van der Waals surface area contributed by atoms with Crippen LogP contribution < -0.4 is 9.80 Å². The summed E-state index contributed by atoms with van der Waals surface area (Å²) in [5.41, 5.74) is 1.78. The molecule has 188 valence electrons. The SMILES string of the molecule is CC(C)(C)OC(=O)N(CC(=O)O)c1ccc(-c2cc(N3CCC(O)C3)nc(-c3cccnc3)n2)cc1. The van der Waals surface area contributed by atoms with Gasteiger partial charge >= 0.3 is 12.1 Å². The molecule has 0 aliphatic carbocycles. The van der Waals surface area contributed by atoms with Gasteiger partial charge in [-0.05, 0) is 51.5 Å². The molecule has 0 saturated carbocycles. The highest BCUT2D eigenvalue weighted by molar-refractivity contribution is 5.93. The van der Waals surface area contributed by atoms with Crippen molar-refractivity contribution in [1.82, 2.24) is 15.0 Å². The number of carboxylic acids is 1. The van der Waals surface area contributed by atoms with E-state index in [1.54, 1.807) is 57.4 Å². The Morgan fingerprint density at radius 2 is 1.89 bits per heavy atom. The molecule has 1 atom stereocenters. The normalized spacial score (nSPS) is 15.6. The molecule has 1 aromatic carbocycles. The van der Waals surface area contributed by atoms with E-state index in [0.717, 1.165) is 16.0 Å². The van der Waals surface area contributed by atoms with Crippen LogP contribution in [-0.2, 0) is 9.53 Å². The van der Waals surface area contributed by atoms with Crippen LogP contribution in [0.4, 0.5) is 16.3 Å². The van der Waals surface area contributed by atoms with Crippen molar-refractivity contribution < 1.29 is 24.5 Å². The maximum absolute atomic E-state index is 12.7. The highest BCUT2D eigenvalue weighted by atomic mass is 16.6. The Morgan fingerprint density at radius 3 is 2.47 bits per heavy atom. The van der Waals surface area contributed by atoms with Crippen molar-refractivity contribution in [3.05, 3.63) is 54.9 Å². The second kappa shape index (κ2) is 10.3. The quantitative estimate of drug-likeness (QED) is 0.531. The molecular weight excluding hydrogens is 462 g/mol. The van der Waals surface area contributed by atoms with Crippen molar-refractivity contribution in [2.24, 2.45) is 0 Å². The number of aliphatic hydroxyl groups is 1. The van der Waals surface area contributed by atoms with Crippen LogP contribution in [0.2, 0.25) is 0 Å². The van der Waals surface area contributed by atoms with Crippen molar-refractivity contribution in [2.75, 3.05) is 29.4 Å². The van der Waals surface area contributed by atoms with Crippen molar-refractivity contribution in [3.8, 4) is 22.6 Å². The Balaban J connectivity index is 1.69. The molecule has 36 heavy (non-hydrogen) atoms. The molecule has 3 heterocycles. The minimum atomic E-state index is -1.15. The van der Waals surface area contributed by atoms with Gasteiger partial charge in [0.25, 0.3) is 0 Å². The summed E-state index contributed by atoms with van der Waals surface area (Å²) in [6.07, 6.45) is 2.89. The van der Waals surface area contributed by atoms with Gasteiger partial charge in [-0.1, -0.05) is 12.1 Å². The number of hydrogen-bond donors (Lipinski definition) is 2. The number of anilines is 2.